The Kier molecular flexibility index (Phi) is 8.42. The molecule has 0 saturated heterocycles. The molecule has 2 amide bonds. The monoisotopic (exact) mass is 535 g/mol. The van der Waals surface area contributed by atoms with Gasteiger partial charge in [-0.3, -0.25) is 19.6 Å². The number of nitrogens with one attached hydrogen (secondary N) is 1. The van der Waals surface area contributed by atoms with Crippen molar-refractivity contribution < 1.29 is 14.3 Å². The van der Waals surface area contributed by atoms with Gasteiger partial charge < -0.3 is 14.5 Å². The van der Waals surface area contributed by atoms with Gasteiger partial charge in [-0.15, -0.1) is 0 Å². The molecule has 2 aromatic carbocycles. The van der Waals surface area contributed by atoms with Crippen molar-refractivity contribution >= 4 is 29.1 Å². The van der Waals surface area contributed by atoms with Gasteiger partial charge >= 0.3 is 0 Å². The topological polar surface area (TPSA) is 81.8 Å². The highest BCUT2D eigenvalue weighted by atomic mass is 35.5. The van der Waals surface area contributed by atoms with Gasteiger partial charge in [0, 0.05) is 63.0 Å². The van der Waals surface area contributed by atoms with Gasteiger partial charge in [-0.2, -0.15) is 5.10 Å². The molecule has 8 nitrogen and oxygen atoms in total. The van der Waals surface area contributed by atoms with Crippen molar-refractivity contribution in [3.8, 4) is 0 Å². The number of ether oxygens (including phenoxy) is 1. The minimum Gasteiger partial charge on any atom is -0.375 e. The van der Waals surface area contributed by atoms with Crippen molar-refractivity contribution in [2.24, 2.45) is 0 Å². The quantitative estimate of drug-likeness (QED) is 0.504. The van der Waals surface area contributed by atoms with Crippen LogP contribution in [0.2, 0.25) is 5.02 Å². The fourth-order valence-corrected chi connectivity index (χ4v) is 5.16. The van der Waals surface area contributed by atoms with E-state index in [1.807, 2.05) is 47.4 Å². The number of rotatable bonds is 6. The SMILES string of the molecule is COCC(=O)N1CCCN(Cc2ccccc2)CCN(C(=O)c2cc(C3CC3)[nH]n2)Cc2ccc(Cl)cc21. The summed E-state index contributed by atoms with van der Waals surface area (Å²) >= 11 is 6.40. The lowest BCUT2D eigenvalue weighted by Gasteiger charge is -2.28. The first kappa shape index (κ1) is 26.4. The maximum absolute atomic E-state index is 13.8. The molecule has 1 aliphatic carbocycles. The first-order valence-corrected chi connectivity index (χ1v) is 13.6. The number of aromatic amines is 1. The van der Waals surface area contributed by atoms with E-state index >= 15 is 0 Å². The lowest BCUT2D eigenvalue weighted by molar-refractivity contribution is -0.122. The van der Waals surface area contributed by atoms with Gasteiger partial charge in [0.1, 0.15) is 12.3 Å². The van der Waals surface area contributed by atoms with E-state index in [-0.39, 0.29) is 18.4 Å². The summed E-state index contributed by atoms with van der Waals surface area (Å²) in [5.74, 6) is 0.225. The molecule has 2 heterocycles. The number of halogens is 1. The molecule has 3 aromatic rings. The van der Waals surface area contributed by atoms with Gasteiger partial charge in [-0.25, -0.2) is 0 Å². The molecule has 1 N–H and O–H groups in total. The number of carbonyl (C=O) groups is 2. The number of hydrogen-bond acceptors (Lipinski definition) is 5. The molecule has 5 rings (SSSR count). The number of carbonyl (C=O) groups excluding carboxylic acids is 2. The van der Waals surface area contributed by atoms with Crippen LogP contribution in [0.25, 0.3) is 0 Å². The van der Waals surface area contributed by atoms with Crippen molar-refractivity contribution in [1.29, 1.82) is 0 Å². The summed E-state index contributed by atoms with van der Waals surface area (Å²) in [6, 6.07) is 17.7. The van der Waals surface area contributed by atoms with Crippen LogP contribution >= 0.6 is 11.6 Å². The zero-order chi connectivity index (χ0) is 26.5. The molecule has 0 spiro atoms. The highest BCUT2D eigenvalue weighted by molar-refractivity contribution is 6.31. The number of benzene rings is 2. The predicted octanol–water partition coefficient (Wildman–Crippen LogP) is 4.47. The molecule has 9 heteroatoms. The lowest BCUT2D eigenvalue weighted by atomic mass is 10.1. The number of amides is 2. The summed E-state index contributed by atoms with van der Waals surface area (Å²) < 4.78 is 5.19. The fraction of sp³-hybridized carbons (Fsp3) is 0.414. The number of hydrogen-bond donors (Lipinski definition) is 1. The van der Waals surface area contributed by atoms with E-state index in [1.54, 1.807) is 4.90 Å². The third kappa shape index (κ3) is 6.43. The molecule has 0 bridgehead atoms. The zero-order valence-electron chi connectivity index (χ0n) is 21.7. The van der Waals surface area contributed by atoms with Crippen LogP contribution in [0.15, 0.2) is 54.6 Å². The fourth-order valence-electron chi connectivity index (χ4n) is 5.00. The molecule has 0 radical (unpaired) electrons. The molecule has 1 fully saturated rings. The van der Waals surface area contributed by atoms with E-state index in [1.165, 1.54) is 12.7 Å². The number of anilines is 1. The maximum Gasteiger partial charge on any atom is 0.274 e. The molecule has 200 valence electrons. The first-order valence-electron chi connectivity index (χ1n) is 13.2. The minimum atomic E-state index is -0.135. The van der Waals surface area contributed by atoms with Crippen molar-refractivity contribution in [2.75, 3.05) is 44.8 Å². The van der Waals surface area contributed by atoms with E-state index in [2.05, 4.69) is 27.2 Å². The van der Waals surface area contributed by atoms with Gasteiger partial charge in [0.25, 0.3) is 11.8 Å². The van der Waals surface area contributed by atoms with E-state index in [0.717, 1.165) is 49.3 Å². The highest BCUT2D eigenvalue weighted by Gasteiger charge is 2.29. The Morgan fingerprint density at radius 3 is 2.63 bits per heavy atom. The highest BCUT2D eigenvalue weighted by Crippen LogP contribution is 2.39. The minimum absolute atomic E-state index is 0.0282. The molecule has 0 unspecified atom stereocenters. The predicted molar refractivity (Wildman–Crippen MR) is 147 cm³/mol. The second-order valence-corrected chi connectivity index (χ2v) is 10.5. The van der Waals surface area contributed by atoms with Crippen LogP contribution in [0.5, 0.6) is 0 Å². The average molecular weight is 536 g/mol. The molecule has 2 aliphatic rings. The van der Waals surface area contributed by atoms with Crippen LogP contribution in [-0.2, 0) is 22.6 Å². The number of aromatic nitrogens is 2. The molecule has 1 saturated carbocycles. The average Bonchev–Trinajstić information content (AvgIpc) is 3.66. The van der Waals surface area contributed by atoms with Crippen molar-refractivity contribution in [1.82, 2.24) is 20.0 Å². The molecule has 38 heavy (non-hydrogen) atoms. The summed E-state index contributed by atoms with van der Waals surface area (Å²) in [5.41, 5.74) is 4.25. The molecule has 0 atom stereocenters. The van der Waals surface area contributed by atoms with Crippen LogP contribution in [0, 0.1) is 0 Å². The third-order valence-corrected chi connectivity index (χ3v) is 7.42. The van der Waals surface area contributed by atoms with Gasteiger partial charge in [0.05, 0.1) is 5.69 Å². The van der Waals surface area contributed by atoms with Gasteiger partial charge in [-0.05, 0) is 48.6 Å². The van der Waals surface area contributed by atoms with E-state index in [9.17, 15) is 9.59 Å². The smallest absolute Gasteiger partial charge is 0.274 e. The van der Waals surface area contributed by atoms with E-state index in [4.69, 9.17) is 16.3 Å². The second kappa shape index (κ2) is 12.1. The molecule has 1 aromatic heterocycles. The Bertz CT molecular complexity index is 1260. The second-order valence-electron chi connectivity index (χ2n) is 10.1. The Balaban J connectivity index is 1.47. The molecular formula is C29H34ClN5O3. The van der Waals surface area contributed by atoms with Gasteiger partial charge in [0.15, 0.2) is 0 Å². The Hall–Kier alpha value is -3.20. The first-order chi connectivity index (χ1) is 18.5. The maximum atomic E-state index is 13.8. The number of nitrogens with zero attached hydrogens (tertiary/aromatic N) is 4. The molecule has 1 aliphatic heterocycles. The number of fused-ring (bicyclic) bond motifs is 1. The zero-order valence-corrected chi connectivity index (χ0v) is 22.5. The van der Waals surface area contributed by atoms with Crippen molar-refractivity contribution in [2.45, 2.75) is 38.3 Å². The van der Waals surface area contributed by atoms with Crippen molar-refractivity contribution in [3.05, 3.63) is 82.1 Å². The summed E-state index contributed by atoms with van der Waals surface area (Å²) in [4.78, 5) is 32.8. The van der Waals surface area contributed by atoms with Crippen LogP contribution in [0.3, 0.4) is 0 Å². The van der Waals surface area contributed by atoms with E-state index < -0.39 is 0 Å². The lowest BCUT2D eigenvalue weighted by Crippen LogP contribution is -2.38. The standard InChI is InChI=1S/C29H34ClN5O3/c1-38-20-28(36)35-13-5-12-33(18-21-6-3-2-4-7-21)14-15-34(19-23-10-11-24(30)16-27(23)35)29(37)26-17-25(31-32-26)22-8-9-22/h2-4,6-7,10-11,16-17,22H,5,8-9,12-15,18-20H2,1H3,(H,31,32). The number of methoxy groups -OCH3 is 1. The summed E-state index contributed by atoms with van der Waals surface area (Å²) in [5, 5.41) is 7.96. The Labute approximate surface area is 228 Å². The summed E-state index contributed by atoms with van der Waals surface area (Å²) in [6.45, 7) is 3.62. The number of H-pyrrole nitrogens is 1. The Morgan fingerprint density at radius 1 is 1.05 bits per heavy atom. The van der Waals surface area contributed by atoms with Crippen LogP contribution in [0.4, 0.5) is 5.69 Å². The normalized spacial score (nSPS) is 17.1. The third-order valence-electron chi connectivity index (χ3n) is 7.18. The van der Waals surface area contributed by atoms with Gasteiger partial charge in [-0.1, -0.05) is 48.0 Å². The Morgan fingerprint density at radius 2 is 1.87 bits per heavy atom. The van der Waals surface area contributed by atoms with Crippen LogP contribution in [0.1, 0.15) is 52.5 Å². The summed E-state index contributed by atoms with van der Waals surface area (Å²) in [6.07, 6.45) is 3.03. The van der Waals surface area contributed by atoms with Crippen LogP contribution < -0.4 is 4.90 Å². The van der Waals surface area contributed by atoms with Gasteiger partial charge in [0.2, 0.25) is 0 Å². The summed E-state index contributed by atoms with van der Waals surface area (Å²) in [7, 11) is 1.52. The van der Waals surface area contributed by atoms with E-state index in [0.29, 0.717) is 42.8 Å². The largest absolute Gasteiger partial charge is 0.375 e. The molecular weight excluding hydrogens is 502 g/mol. The van der Waals surface area contributed by atoms with Crippen LogP contribution in [-0.4, -0.2) is 71.7 Å². The van der Waals surface area contributed by atoms with Crippen molar-refractivity contribution in [3.63, 3.8) is 0 Å².